The van der Waals surface area contributed by atoms with Crippen LogP contribution in [0.5, 0.6) is 0 Å². The van der Waals surface area contributed by atoms with Crippen LogP contribution in [0.3, 0.4) is 0 Å². The van der Waals surface area contributed by atoms with Crippen LogP contribution < -0.4 is 15.7 Å². The molecule has 2 N–H and O–H groups in total. The topological polar surface area (TPSA) is 75.6 Å². The van der Waals surface area contributed by atoms with E-state index in [0.29, 0.717) is 31.8 Å². The molecule has 0 saturated heterocycles. The van der Waals surface area contributed by atoms with E-state index in [4.69, 9.17) is 4.43 Å². The lowest BCUT2D eigenvalue weighted by atomic mass is 9.78. The summed E-state index contributed by atoms with van der Waals surface area (Å²) in [6.07, 6.45) is 4.63. The zero-order chi connectivity index (χ0) is 28.0. The molecule has 2 unspecified atom stereocenters. The molecule has 5 nitrogen and oxygen atoms in total. The molecule has 0 aromatic heterocycles. The fraction of sp³-hybridized carbons (Fsp3) is 0.562. The van der Waals surface area contributed by atoms with Crippen molar-refractivity contribution in [1.29, 1.82) is 0 Å². The van der Waals surface area contributed by atoms with E-state index in [-0.39, 0.29) is 22.9 Å². The third kappa shape index (κ3) is 6.40. The van der Waals surface area contributed by atoms with Gasteiger partial charge >= 0.3 is 5.97 Å². The molecular weight excluding hydrogens is 490 g/mol. The Hall–Kier alpha value is -2.44. The van der Waals surface area contributed by atoms with Crippen LogP contribution in [0.2, 0.25) is 5.04 Å². The van der Waals surface area contributed by atoms with Crippen LogP contribution in [0.25, 0.3) is 0 Å². The van der Waals surface area contributed by atoms with Crippen molar-refractivity contribution in [2.45, 2.75) is 91.1 Å². The molecule has 1 saturated carbocycles. The van der Waals surface area contributed by atoms with E-state index in [1.165, 1.54) is 17.3 Å². The Bertz CT molecular complexity index is 1010. The van der Waals surface area contributed by atoms with Crippen LogP contribution in [0, 0.1) is 17.3 Å². The summed E-state index contributed by atoms with van der Waals surface area (Å²) in [6.45, 7) is 13.0. The smallest absolute Gasteiger partial charge is 0.309 e. The summed E-state index contributed by atoms with van der Waals surface area (Å²) in [5, 5.41) is 15.8. The molecule has 2 aromatic carbocycles. The van der Waals surface area contributed by atoms with Crippen LogP contribution in [0.1, 0.15) is 80.1 Å². The maximum atomic E-state index is 12.7. The number of carbonyl (C=O) groups excluding carboxylic acids is 1. The maximum absolute atomic E-state index is 12.7. The monoisotopic (exact) mass is 537 g/mol. The number of hydrogen-bond donors (Lipinski definition) is 2. The first-order valence-electron chi connectivity index (χ1n) is 14.2. The SMILES string of the molecule is CCC(CC)CCC1(C(=O)O)CC(CO[Si](c2ccccc2)(c2ccccc2)C(C)(C)C)[C@H](NC(C)=O)C1. The number of aliphatic carboxylic acids is 1. The van der Waals surface area contributed by atoms with Crippen molar-refractivity contribution >= 4 is 30.6 Å². The zero-order valence-corrected chi connectivity index (χ0v) is 25.1. The van der Waals surface area contributed by atoms with Gasteiger partial charge in [-0.05, 0) is 47.0 Å². The van der Waals surface area contributed by atoms with Crippen LogP contribution in [-0.2, 0) is 14.0 Å². The lowest BCUT2D eigenvalue weighted by Crippen LogP contribution is -2.67. The van der Waals surface area contributed by atoms with Gasteiger partial charge in [-0.15, -0.1) is 0 Å². The second-order valence-corrected chi connectivity index (χ2v) is 16.6. The minimum absolute atomic E-state index is 0.0710. The number of hydrogen-bond acceptors (Lipinski definition) is 3. The Morgan fingerprint density at radius 3 is 1.95 bits per heavy atom. The zero-order valence-electron chi connectivity index (χ0n) is 24.1. The van der Waals surface area contributed by atoms with Crippen molar-refractivity contribution in [1.82, 2.24) is 5.32 Å². The molecule has 3 atom stereocenters. The largest absolute Gasteiger partial charge is 0.481 e. The Kier molecular flexibility index (Phi) is 9.99. The minimum atomic E-state index is -2.77. The third-order valence-electron chi connectivity index (χ3n) is 8.79. The van der Waals surface area contributed by atoms with Gasteiger partial charge in [0.05, 0.1) is 5.41 Å². The van der Waals surface area contributed by atoms with Gasteiger partial charge in [0.2, 0.25) is 5.91 Å². The molecule has 1 amide bonds. The summed E-state index contributed by atoms with van der Waals surface area (Å²) < 4.78 is 7.20. The molecular formula is C32H47NO4Si. The number of benzene rings is 2. The summed E-state index contributed by atoms with van der Waals surface area (Å²) >= 11 is 0. The van der Waals surface area contributed by atoms with Crippen LogP contribution in [-0.4, -0.2) is 37.9 Å². The summed E-state index contributed by atoms with van der Waals surface area (Å²) in [5.74, 6) is -0.408. The van der Waals surface area contributed by atoms with Gasteiger partial charge in [-0.2, -0.15) is 0 Å². The van der Waals surface area contributed by atoms with E-state index >= 15 is 0 Å². The Balaban J connectivity index is 1.99. The molecule has 6 heteroatoms. The number of carboxylic acid groups (broad SMARTS) is 1. The van der Waals surface area contributed by atoms with Crippen molar-refractivity contribution in [2.75, 3.05) is 6.61 Å². The molecule has 0 heterocycles. The minimum Gasteiger partial charge on any atom is -0.481 e. The van der Waals surface area contributed by atoms with Crippen molar-refractivity contribution < 1.29 is 19.1 Å². The molecule has 3 rings (SSSR count). The number of carboxylic acids is 1. The number of rotatable bonds is 12. The first-order valence-corrected chi connectivity index (χ1v) is 16.2. The van der Waals surface area contributed by atoms with E-state index in [1.54, 1.807) is 0 Å². The Morgan fingerprint density at radius 1 is 1.00 bits per heavy atom. The average Bonchev–Trinajstić information content (AvgIpc) is 3.23. The molecule has 0 spiro atoms. The second kappa shape index (κ2) is 12.6. The van der Waals surface area contributed by atoms with Crippen LogP contribution >= 0.6 is 0 Å². The Labute approximate surface area is 230 Å². The fourth-order valence-electron chi connectivity index (χ4n) is 6.58. The first kappa shape index (κ1) is 30.1. The molecule has 2 aromatic rings. The highest BCUT2D eigenvalue weighted by atomic mass is 28.4. The van der Waals surface area contributed by atoms with Gasteiger partial charge in [0.25, 0.3) is 8.32 Å². The predicted octanol–water partition coefficient (Wildman–Crippen LogP) is 5.77. The van der Waals surface area contributed by atoms with Crippen molar-refractivity contribution in [3.05, 3.63) is 60.7 Å². The van der Waals surface area contributed by atoms with E-state index in [9.17, 15) is 14.7 Å². The summed E-state index contributed by atoms with van der Waals surface area (Å²) in [7, 11) is -2.77. The van der Waals surface area contributed by atoms with E-state index in [2.05, 4.69) is 88.5 Å². The highest BCUT2D eigenvalue weighted by molar-refractivity contribution is 6.99. The second-order valence-electron chi connectivity index (χ2n) is 12.3. The summed E-state index contributed by atoms with van der Waals surface area (Å²) in [6, 6.07) is 20.8. The van der Waals surface area contributed by atoms with Gasteiger partial charge in [-0.1, -0.05) is 108 Å². The normalized spacial score (nSPS) is 22.0. The van der Waals surface area contributed by atoms with E-state index in [1.807, 2.05) is 12.1 Å². The standard InChI is InChI=1S/C32H47NO4Si/c1-7-25(8-2)19-20-32(30(35)36)21-26(29(22-32)33-24(3)34)23-37-38(31(4,5)6,27-15-11-9-12-16-27)28-17-13-10-14-18-28/h9-18,25-26,29H,7-8,19-23H2,1-6H3,(H,33,34)(H,35,36)/t26?,29-,32?/m1/s1. The van der Waals surface area contributed by atoms with Crippen molar-refractivity contribution in [2.24, 2.45) is 17.3 Å². The van der Waals surface area contributed by atoms with Crippen LogP contribution in [0.4, 0.5) is 0 Å². The average molecular weight is 538 g/mol. The third-order valence-corrected chi connectivity index (χ3v) is 13.8. The first-order chi connectivity index (χ1) is 18.0. The summed E-state index contributed by atoms with van der Waals surface area (Å²) in [4.78, 5) is 24.9. The van der Waals surface area contributed by atoms with Gasteiger partial charge in [0.15, 0.2) is 0 Å². The highest BCUT2D eigenvalue weighted by Gasteiger charge is 2.54. The van der Waals surface area contributed by atoms with Crippen molar-refractivity contribution in [3.8, 4) is 0 Å². The molecule has 1 aliphatic rings. The fourth-order valence-corrected chi connectivity index (χ4v) is 11.2. The number of nitrogens with one attached hydrogen (secondary N) is 1. The quantitative estimate of drug-likeness (QED) is 0.337. The van der Waals surface area contributed by atoms with Gasteiger partial charge in [-0.25, -0.2) is 0 Å². The maximum Gasteiger partial charge on any atom is 0.309 e. The molecule has 0 aliphatic heterocycles. The van der Waals surface area contributed by atoms with E-state index in [0.717, 1.165) is 19.3 Å². The van der Waals surface area contributed by atoms with Gasteiger partial charge < -0.3 is 14.8 Å². The molecule has 0 radical (unpaired) electrons. The molecule has 1 aliphatic carbocycles. The molecule has 208 valence electrons. The Morgan fingerprint density at radius 2 is 1.53 bits per heavy atom. The summed E-state index contributed by atoms with van der Waals surface area (Å²) in [5.41, 5.74) is -0.838. The van der Waals surface area contributed by atoms with E-state index < -0.39 is 19.7 Å². The molecule has 0 bridgehead atoms. The lowest BCUT2D eigenvalue weighted by Gasteiger charge is -2.44. The lowest BCUT2D eigenvalue weighted by molar-refractivity contribution is -0.149. The highest BCUT2D eigenvalue weighted by Crippen LogP contribution is 2.48. The van der Waals surface area contributed by atoms with Crippen molar-refractivity contribution in [3.63, 3.8) is 0 Å². The predicted molar refractivity (Wildman–Crippen MR) is 157 cm³/mol. The van der Waals surface area contributed by atoms with Gasteiger partial charge in [-0.3, -0.25) is 9.59 Å². The number of amides is 1. The number of carbonyl (C=O) groups is 2. The van der Waals surface area contributed by atoms with Crippen LogP contribution in [0.15, 0.2) is 60.7 Å². The van der Waals surface area contributed by atoms with Gasteiger partial charge in [0.1, 0.15) is 0 Å². The van der Waals surface area contributed by atoms with Gasteiger partial charge in [0, 0.05) is 25.5 Å². The molecule has 1 fully saturated rings. The molecule has 38 heavy (non-hydrogen) atoms.